The van der Waals surface area contributed by atoms with Crippen LogP contribution in [-0.4, -0.2) is 31.1 Å². The highest BCUT2D eigenvalue weighted by Gasteiger charge is 2.13. The van der Waals surface area contributed by atoms with Crippen molar-refractivity contribution in [3.8, 4) is 0 Å². The van der Waals surface area contributed by atoms with Crippen LogP contribution in [0.5, 0.6) is 0 Å². The van der Waals surface area contributed by atoms with Crippen molar-refractivity contribution in [3.63, 3.8) is 0 Å². The summed E-state index contributed by atoms with van der Waals surface area (Å²) < 4.78 is 4.75. The van der Waals surface area contributed by atoms with Crippen LogP contribution in [0.3, 0.4) is 0 Å². The summed E-state index contributed by atoms with van der Waals surface area (Å²) in [5, 5.41) is 6.07. The van der Waals surface area contributed by atoms with Crippen LogP contribution in [0.15, 0.2) is 24.3 Å². The zero-order chi connectivity index (χ0) is 15.9. The molecule has 0 radical (unpaired) electrons. The molecule has 0 spiro atoms. The highest BCUT2D eigenvalue weighted by molar-refractivity contribution is 5.90. The van der Waals surface area contributed by atoms with Gasteiger partial charge >= 0.3 is 5.97 Å². The van der Waals surface area contributed by atoms with E-state index in [-0.39, 0.29) is 17.4 Å². The number of ether oxygens (including phenoxy) is 1. The number of carbonyl (C=O) groups excluding carboxylic acids is 2. The van der Waals surface area contributed by atoms with Crippen LogP contribution in [0.4, 0.5) is 0 Å². The Morgan fingerprint density at radius 3 is 2.48 bits per heavy atom. The summed E-state index contributed by atoms with van der Waals surface area (Å²) in [6, 6.07) is 7.27. The number of benzene rings is 1. The highest BCUT2D eigenvalue weighted by atomic mass is 16.5. The van der Waals surface area contributed by atoms with Gasteiger partial charge < -0.3 is 15.4 Å². The molecule has 1 aromatic rings. The molecule has 21 heavy (non-hydrogen) atoms. The largest absolute Gasteiger partial charge is 0.465 e. The standard InChI is InChI=1S/C16H24N2O3/c1-16(2,3)18-14(19)9-10-17-11-12-7-5-6-8-13(12)15(20)21-4/h5-8,17H,9-11H2,1-4H3,(H,18,19). The van der Waals surface area contributed by atoms with Gasteiger partial charge in [-0.25, -0.2) is 4.79 Å². The molecule has 0 aliphatic heterocycles. The van der Waals surface area contributed by atoms with Crippen molar-refractivity contribution in [2.45, 2.75) is 39.3 Å². The topological polar surface area (TPSA) is 67.4 Å². The van der Waals surface area contributed by atoms with Gasteiger partial charge in [-0.15, -0.1) is 0 Å². The molecule has 5 nitrogen and oxygen atoms in total. The first-order chi connectivity index (χ1) is 9.83. The normalized spacial score (nSPS) is 11.0. The summed E-state index contributed by atoms with van der Waals surface area (Å²) in [6.45, 7) is 6.92. The molecular formula is C16H24N2O3. The number of rotatable bonds is 6. The van der Waals surface area contributed by atoms with E-state index in [2.05, 4.69) is 10.6 Å². The summed E-state index contributed by atoms with van der Waals surface area (Å²) in [7, 11) is 1.36. The maximum Gasteiger partial charge on any atom is 0.338 e. The Kier molecular flexibility index (Phi) is 6.37. The molecule has 0 fully saturated rings. The third kappa shape index (κ3) is 6.40. The summed E-state index contributed by atoms with van der Waals surface area (Å²) in [5.41, 5.74) is 1.20. The van der Waals surface area contributed by atoms with Gasteiger partial charge in [0.05, 0.1) is 12.7 Å². The third-order valence-corrected chi connectivity index (χ3v) is 2.78. The van der Waals surface area contributed by atoms with Gasteiger partial charge in [-0.2, -0.15) is 0 Å². The number of esters is 1. The number of methoxy groups -OCH3 is 1. The average Bonchev–Trinajstić information content (AvgIpc) is 2.41. The molecule has 0 aliphatic rings. The molecule has 0 unspecified atom stereocenters. The molecule has 1 rings (SSSR count). The second kappa shape index (κ2) is 7.78. The third-order valence-electron chi connectivity index (χ3n) is 2.78. The molecular weight excluding hydrogens is 268 g/mol. The van der Waals surface area contributed by atoms with Crippen molar-refractivity contribution in [2.24, 2.45) is 0 Å². The molecule has 1 aromatic carbocycles. The first-order valence-electron chi connectivity index (χ1n) is 7.01. The van der Waals surface area contributed by atoms with Crippen LogP contribution >= 0.6 is 0 Å². The minimum Gasteiger partial charge on any atom is -0.465 e. The van der Waals surface area contributed by atoms with E-state index in [0.717, 1.165) is 5.56 Å². The van der Waals surface area contributed by atoms with Crippen LogP contribution in [0.1, 0.15) is 43.1 Å². The Balaban J connectivity index is 2.43. The Labute approximate surface area is 126 Å². The van der Waals surface area contributed by atoms with Crippen LogP contribution in [0.2, 0.25) is 0 Å². The lowest BCUT2D eigenvalue weighted by Crippen LogP contribution is -2.41. The van der Waals surface area contributed by atoms with Crippen molar-refractivity contribution >= 4 is 11.9 Å². The average molecular weight is 292 g/mol. The predicted molar refractivity (Wildman–Crippen MR) is 82.0 cm³/mol. The monoisotopic (exact) mass is 292 g/mol. The van der Waals surface area contributed by atoms with Crippen LogP contribution in [-0.2, 0) is 16.1 Å². The van der Waals surface area contributed by atoms with Gasteiger partial charge in [-0.3, -0.25) is 4.79 Å². The molecule has 0 bridgehead atoms. The first-order valence-corrected chi connectivity index (χ1v) is 7.01. The molecule has 0 aliphatic carbocycles. The molecule has 2 N–H and O–H groups in total. The van der Waals surface area contributed by atoms with E-state index < -0.39 is 0 Å². The highest BCUT2D eigenvalue weighted by Crippen LogP contribution is 2.09. The van der Waals surface area contributed by atoms with E-state index in [1.165, 1.54) is 7.11 Å². The zero-order valence-electron chi connectivity index (χ0n) is 13.2. The van der Waals surface area contributed by atoms with Gasteiger partial charge in [0.1, 0.15) is 0 Å². The summed E-state index contributed by atoms with van der Waals surface area (Å²) in [5.74, 6) is -0.339. The van der Waals surface area contributed by atoms with Gasteiger partial charge in [-0.05, 0) is 32.4 Å². The fraction of sp³-hybridized carbons (Fsp3) is 0.500. The van der Waals surface area contributed by atoms with Crippen LogP contribution in [0.25, 0.3) is 0 Å². The molecule has 5 heteroatoms. The number of amides is 1. The lowest BCUT2D eigenvalue weighted by Gasteiger charge is -2.20. The molecule has 0 heterocycles. The quantitative estimate of drug-likeness (QED) is 0.620. The summed E-state index contributed by atoms with van der Waals surface area (Å²) >= 11 is 0. The van der Waals surface area contributed by atoms with Gasteiger partial charge in [0.15, 0.2) is 0 Å². The van der Waals surface area contributed by atoms with E-state index in [1.807, 2.05) is 32.9 Å². The van der Waals surface area contributed by atoms with Gasteiger partial charge in [-0.1, -0.05) is 18.2 Å². The number of hydrogen-bond acceptors (Lipinski definition) is 4. The SMILES string of the molecule is COC(=O)c1ccccc1CNCCC(=O)NC(C)(C)C. The Morgan fingerprint density at radius 2 is 1.86 bits per heavy atom. The van der Waals surface area contributed by atoms with E-state index in [9.17, 15) is 9.59 Å². The second-order valence-corrected chi connectivity index (χ2v) is 5.87. The van der Waals surface area contributed by atoms with E-state index in [0.29, 0.717) is 25.1 Å². The zero-order valence-corrected chi connectivity index (χ0v) is 13.2. The fourth-order valence-corrected chi connectivity index (χ4v) is 1.89. The second-order valence-electron chi connectivity index (χ2n) is 5.87. The molecule has 0 saturated heterocycles. The van der Waals surface area contributed by atoms with Crippen molar-refractivity contribution in [2.75, 3.05) is 13.7 Å². The fourth-order valence-electron chi connectivity index (χ4n) is 1.89. The van der Waals surface area contributed by atoms with Crippen molar-refractivity contribution in [3.05, 3.63) is 35.4 Å². The lowest BCUT2D eigenvalue weighted by atomic mass is 10.1. The minimum absolute atomic E-state index is 0.0104. The van der Waals surface area contributed by atoms with Gasteiger partial charge in [0, 0.05) is 25.0 Å². The Bertz CT molecular complexity index is 493. The number of nitrogens with one attached hydrogen (secondary N) is 2. The molecule has 0 atom stereocenters. The van der Waals surface area contributed by atoms with Gasteiger partial charge in [0.25, 0.3) is 0 Å². The van der Waals surface area contributed by atoms with Gasteiger partial charge in [0.2, 0.25) is 5.91 Å². The van der Waals surface area contributed by atoms with Crippen molar-refractivity contribution in [1.29, 1.82) is 0 Å². The molecule has 1 amide bonds. The maximum absolute atomic E-state index is 11.7. The van der Waals surface area contributed by atoms with Crippen LogP contribution < -0.4 is 10.6 Å². The first kappa shape index (κ1) is 17.2. The van der Waals surface area contributed by atoms with Crippen molar-refractivity contribution in [1.82, 2.24) is 10.6 Å². The number of carbonyl (C=O) groups is 2. The summed E-state index contributed by atoms with van der Waals surface area (Å²) in [4.78, 5) is 23.3. The maximum atomic E-state index is 11.7. The Morgan fingerprint density at radius 1 is 1.19 bits per heavy atom. The molecule has 0 saturated carbocycles. The predicted octanol–water partition coefficient (Wildman–Crippen LogP) is 1.87. The van der Waals surface area contributed by atoms with Crippen LogP contribution in [0, 0.1) is 0 Å². The molecule has 116 valence electrons. The number of hydrogen-bond donors (Lipinski definition) is 2. The minimum atomic E-state index is -0.349. The summed E-state index contributed by atoms with van der Waals surface area (Å²) in [6.07, 6.45) is 0.400. The van der Waals surface area contributed by atoms with Crippen molar-refractivity contribution < 1.29 is 14.3 Å². The van der Waals surface area contributed by atoms with E-state index in [4.69, 9.17) is 4.74 Å². The molecule has 0 aromatic heterocycles. The van der Waals surface area contributed by atoms with E-state index >= 15 is 0 Å². The smallest absolute Gasteiger partial charge is 0.338 e. The van der Waals surface area contributed by atoms with E-state index in [1.54, 1.807) is 12.1 Å². The lowest BCUT2D eigenvalue weighted by molar-refractivity contribution is -0.122. The Hall–Kier alpha value is -1.88.